The molecule has 17 heteroatoms. The van der Waals surface area contributed by atoms with Gasteiger partial charge in [-0.15, -0.1) is 10.2 Å². The maximum absolute atomic E-state index is 10.6. The van der Waals surface area contributed by atoms with Crippen molar-refractivity contribution in [3.8, 4) is 0 Å². The van der Waals surface area contributed by atoms with Gasteiger partial charge in [-0.05, 0) is 0 Å². The number of carbonyl (C=O) groups is 2. The lowest BCUT2D eigenvalue weighted by atomic mass is 10.4. The van der Waals surface area contributed by atoms with Crippen molar-refractivity contribution >= 4 is 54.2 Å². The van der Waals surface area contributed by atoms with Crippen LogP contribution < -0.4 is 11.5 Å². The zero-order valence-corrected chi connectivity index (χ0v) is 14.7. The van der Waals surface area contributed by atoms with Gasteiger partial charge in [0.15, 0.2) is 5.82 Å². The lowest BCUT2D eigenvalue weighted by Crippen LogP contribution is -2.06. The van der Waals surface area contributed by atoms with E-state index >= 15 is 0 Å². The number of aliphatic hydroxyl groups excluding tert-OH is 2. The summed E-state index contributed by atoms with van der Waals surface area (Å²) in [5, 5.41) is 34.6. The molecule has 0 saturated heterocycles. The first-order chi connectivity index (χ1) is 11.7. The summed E-state index contributed by atoms with van der Waals surface area (Å²) in [5.74, 6) is -2.01. The van der Waals surface area contributed by atoms with Crippen molar-refractivity contribution in [2.45, 2.75) is 0 Å². The van der Waals surface area contributed by atoms with Gasteiger partial charge in [-0.25, -0.2) is 9.00 Å². The molecule has 0 radical (unpaired) electrons. The number of carbonyl (C=O) groups excluding carboxylic acids is 1. The summed E-state index contributed by atoms with van der Waals surface area (Å²) in [6.45, 7) is -0.589. The second-order valence-electron chi connectivity index (χ2n) is 3.16. The number of rotatable bonds is 3. The summed E-state index contributed by atoms with van der Waals surface area (Å²) in [6.07, 6.45) is 0. The third-order valence-electron chi connectivity index (χ3n) is 1.62. The minimum absolute atomic E-state index is 0.00296. The van der Waals surface area contributed by atoms with Crippen molar-refractivity contribution in [2.24, 2.45) is 0 Å². The molecule has 2 aromatic rings. The second-order valence-corrected chi connectivity index (χ2v) is 5.68. The Morgan fingerprint density at radius 2 is 1.44 bits per heavy atom. The number of nitrogen functional groups attached to an aromatic ring is 2. The number of carboxylic acids is 1. The van der Waals surface area contributed by atoms with Crippen LogP contribution >= 0.6 is 21.4 Å². The van der Waals surface area contributed by atoms with Gasteiger partial charge in [-0.2, -0.15) is 9.97 Å². The molecule has 0 saturated carbocycles. The molecular weight excluding hydrogens is 407 g/mol. The average molecular weight is 421 g/mol. The van der Waals surface area contributed by atoms with Crippen molar-refractivity contribution < 1.29 is 29.1 Å². The quantitative estimate of drug-likeness (QED) is 0.216. The zero-order valence-electron chi connectivity index (χ0n) is 12.4. The zero-order chi connectivity index (χ0) is 20.0. The van der Waals surface area contributed by atoms with E-state index in [0.29, 0.717) is 0 Å². The third-order valence-corrected chi connectivity index (χ3v) is 1.62. The Hall–Kier alpha value is -2.33. The minimum Gasteiger partial charge on any atom is -0.475 e. The van der Waals surface area contributed by atoms with Crippen molar-refractivity contribution in [3.05, 3.63) is 11.6 Å². The van der Waals surface area contributed by atoms with Crippen LogP contribution in [0.25, 0.3) is 0 Å². The first kappa shape index (κ1) is 24.9. The predicted molar refractivity (Wildman–Crippen MR) is 88.0 cm³/mol. The molecule has 14 nitrogen and oxygen atoms in total. The van der Waals surface area contributed by atoms with Gasteiger partial charge in [0.05, 0.1) is 0 Å². The fraction of sp³-hybridized carbons (Fsp3) is 0.250. The van der Waals surface area contributed by atoms with Crippen molar-refractivity contribution in [3.63, 3.8) is 0 Å². The maximum atomic E-state index is 10.6. The standard InChI is InChI=1S/C4H6N4O2.C3H4N4O2.CH4O.Cl2OS/c5-4-6-3(7-8-4)2(10)1-9;4-3-5-1(2(8)9)6-7-3;1-2;1-4(2)3/h9H,1H2,(H3,5,6,7,8);(H,8,9)(H3,4,5,6,7);2H,1H3;. The molecule has 2 rings (SSSR count). The van der Waals surface area contributed by atoms with Crippen LogP contribution in [-0.4, -0.2) is 75.4 Å². The smallest absolute Gasteiger partial charge is 0.373 e. The number of hydrogen-bond acceptors (Lipinski definition) is 11. The molecule has 25 heavy (non-hydrogen) atoms. The SMILES string of the molecule is CO.Nc1n[nH]c(C(=O)CO)n1.Nc1n[nH]c(C(=O)O)n1.O=S(Cl)Cl. The van der Waals surface area contributed by atoms with E-state index in [1.165, 1.54) is 0 Å². The Morgan fingerprint density at radius 3 is 1.64 bits per heavy atom. The highest BCUT2D eigenvalue weighted by Crippen LogP contribution is 1.92. The van der Waals surface area contributed by atoms with Gasteiger partial charge in [0.25, 0.3) is 0 Å². The number of Topliss-reactive ketones (excluding diaryl/α,β-unsaturated/α-hetero) is 1. The Morgan fingerprint density at radius 1 is 1.08 bits per heavy atom. The highest BCUT2D eigenvalue weighted by molar-refractivity contribution is 8.26. The van der Waals surface area contributed by atoms with Crippen molar-refractivity contribution in [1.82, 2.24) is 30.4 Å². The van der Waals surface area contributed by atoms with Gasteiger partial charge in [0.1, 0.15) is 6.61 Å². The molecule has 0 aliphatic heterocycles. The molecule has 0 fully saturated rings. The van der Waals surface area contributed by atoms with Gasteiger partial charge in [-0.1, -0.05) is 0 Å². The Kier molecular flexibility index (Phi) is 14.0. The number of nitrogens with two attached hydrogens (primary N) is 2. The average Bonchev–Trinajstić information content (AvgIpc) is 3.17. The maximum Gasteiger partial charge on any atom is 0.373 e. The number of hydrogen-bond donors (Lipinski definition) is 7. The van der Waals surface area contributed by atoms with Crippen LogP contribution in [0.5, 0.6) is 0 Å². The Bertz CT molecular complexity index is 675. The first-order valence-electron chi connectivity index (χ1n) is 5.59. The molecular formula is C8H14Cl2N8O6S. The van der Waals surface area contributed by atoms with E-state index in [4.69, 9.17) is 31.0 Å². The number of H-pyrrole nitrogens is 2. The lowest BCUT2D eigenvalue weighted by molar-refractivity contribution is 0.0684. The largest absolute Gasteiger partial charge is 0.475 e. The normalized spacial score (nSPS) is 8.88. The molecule has 2 aromatic heterocycles. The van der Waals surface area contributed by atoms with Crippen molar-refractivity contribution in [2.75, 3.05) is 25.2 Å². The number of nitrogens with zero attached hydrogens (tertiary/aromatic N) is 4. The summed E-state index contributed by atoms with van der Waals surface area (Å²) in [6, 6.07) is 0. The van der Waals surface area contributed by atoms with Gasteiger partial charge in [0, 0.05) is 28.5 Å². The number of anilines is 2. The van der Waals surface area contributed by atoms with E-state index in [1.807, 2.05) is 0 Å². The third kappa shape index (κ3) is 12.7. The molecule has 0 bridgehead atoms. The summed E-state index contributed by atoms with van der Waals surface area (Å²) >= 11 is 0. The molecule has 0 aromatic carbocycles. The van der Waals surface area contributed by atoms with Crippen LogP contribution in [0.3, 0.4) is 0 Å². The van der Waals surface area contributed by atoms with Crippen molar-refractivity contribution in [1.29, 1.82) is 0 Å². The fourth-order valence-corrected chi connectivity index (χ4v) is 0.845. The number of nitrogens with one attached hydrogen (secondary N) is 2. The number of aromatic nitrogens is 6. The number of aromatic amines is 2. The molecule has 0 spiro atoms. The Balaban J connectivity index is 0. The fourth-order valence-electron chi connectivity index (χ4n) is 0.845. The number of aromatic carboxylic acids is 1. The summed E-state index contributed by atoms with van der Waals surface area (Å²) in [7, 11) is 8.36. The molecule has 0 aliphatic carbocycles. The second kappa shape index (κ2) is 14.1. The van der Waals surface area contributed by atoms with Crippen LogP contribution in [0.1, 0.15) is 21.2 Å². The van der Waals surface area contributed by atoms with E-state index in [-0.39, 0.29) is 23.5 Å². The molecule has 9 N–H and O–H groups in total. The van der Waals surface area contributed by atoms with Gasteiger partial charge in [-0.3, -0.25) is 15.0 Å². The van der Waals surface area contributed by atoms with E-state index in [1.54, 1.807) is 0 Å². The van der Waals surface area contributed by atoms with E-state index in [9.17, 15) is 9.59 Å². The molecule has 0 aliphatic rings. The van der Waals surface area contributed by atoms with E-state index in [0.717, 1.165) is 7.11 Å². The van der Waals surface area contributed by atoms with Crippen LogP contribution in [0.2, 0.25) is 0 Å². The van der Waals surface area contributed by atoms with Gasteiger partial charge >= 0.3 is 5.97 Å². The van der Waals surface area contributed by atoms with E-state index in [2.05, 4.69) is 51.7 Å². The number of halogens is 2. The molecule has 2 heterocycles. The van der Waals surface area contributed by atoms with E-state index < -0.39 is 27.6 Å². The Labute approximate surface area is 151 Å². The summed E-state index contributed by atoms with van der Waals surface area (Å²) < 4.78 is 9.09. The van der Waals surface area contributed by atoms with Crippen LogP contribution in [0.4, 0.5) is 11.9 Å². The lowest BCUT2D eigenvalue weighted by Gasteiger charge is -1.84. The number of aliphatic hydroxyl groups is 2. The first-order valence-corrected chi connectivity index (χ1v) is 8.39. The van der Waals surface area contributed by atoms with Crippen LogP contribution in [0.15, 0.2) is 0 Å². The molecule has 0 unspecified atom stereocenters. The number of ketones is 1. The van der Waals surface area contributed by atoms with Crippen LogP contribution in [0, 0.1) is 0 Å². The molecule has 0 atom stereocenters. The predicted octanol–water partition coefficient (Wildman–Crippen LogP) is -1.70. The van der Waals surface area contributed by atoms with Gasteiger partial charge < -0.3 is 26.8 Å². The highest BCUT2D eigenvalue weighted by atomic mass is 36.0. The molecule has 142 valence electrons. The highest BCUT2D eigenvalue weighted by Gasteiger charge is 2.07. The number of carboxylic acid groups (broad SMARTS) is 1. The van der Waals surface area contributed by atoms with Crippen LogP contribution in [-0.2, 0) is 9.23 Å². The minimum atomic E-state index is -1.67. The van der Waals surface area contributed by atoms with Gasteiger partial charge in [0.2, 0.25) is 32.7 Å². The summed E-state index contributed by atoms with van der Waals surface area (Å²) in [4.78, 5) is 27.4. The monoisotopic (exact) mass is 420 g/mol. The topological polar surface area (TPSA) is 247 Å². The molecule has 0 amide bonds. The summed E-state index contributed by atoms with van der Waals surface area (Å²) in [5.41, 5.74) is 10.1.